The Bertz CT molecular complexity index is 1270. The van der Waals surface area contributed by atoms with Gasteiger partial charge in [0.2, 0.25) is 17.6 Å². The molecule has 1 amide bonds. The minimum absolute atomic E-state index is 0.0257. The third kappa shape index (κ3) is 3.84. The lowest BCUT2D eigenvalue weighted by molar-refractivity contribution is -0.121. The van der Waals surface area contributed by atoms with Crippen LogP contribution >= 0.6 is 0 Å². The summed E-state index contributed by atoms with van der Waals surface area (Å²) >= 11 is 0. The monoisotopic (exact) mass is 403 g/mol. The van der Waals surface area contributed by atoms with E-state index in [1.165, 1.54) is 4.68 Å². The molecule has 8 nitrogen and oxygen atoms in total. The lowest BCUT2D eigenvalue weighted by Gasteiger charge is -2.11. The summed E-state index contributed by atoms with van der Waals surface area (Å²) in [6.07, 6.45) is 0.0257. The predicted molar refractivity (Wildman–Crippen MR) is 112 cm³/mol. The Hall–Kier alpha value is -3.81. The first-order valence-corrected chi connectivity index (χ1v) is 9.57. The SMILES string of the molecule is Cc1ccc(-c2noc(C(C)NC(=O)Cc3nn(C)c(=O)c4ccccc34)n2)cc1. The molecule has 1 N–H and O–H groups in total. The van der Waals surface area contributed by atoms with Crippen LogP contribution in [-0.2, 0) is 18.3 Å². The second kappa shape index (κ2) is 7.90. The van der Waals surface area contributed by atoms with E-state index in [9.17, 15) is 9.59 Å². The largest absolute Gasteiger partial charge is 0.344 e. The number of rotatable bonds is 5. The number of carbonyl (C=O) groups excluding carboxylic acids is 1. The van der Waals surface area contributed by atoms with Gasteiger partial charge in [-0.25, -0.2) is 4.68 Å². The summed E-state index contributed by atoms with van der Waals surface area (Å²) in [6, 6.07) is 14.4. The molecule has 0 fully saturated rings. The van der Waals surface area contributed by atoms with Crippen LogP contribution < -0.4 is 10.9 Å². The Morgan fingerprint density at radius 2 is 1.83 bits per heavy atom. The van der Waals surface area contributed by atoms with Gasteiger partial charge in [-0.2, -0.15) is 10.1 Å². The highest BCUT2D eigenvalue weighted by Gasteiger charge is 2.19. The fourth-order valence-electron chi connectivity index (χ4n) is 3.24. The van der Waals surface area contributed by atoms with Gasteiger partial charge in [0, 0.05) is 18.0 Å². The molecule has 152 valence electrons. The standard InChI is InChI=1S/C22H21N5O3/c1-13-8-10-15(11-9-13)20-24-21(30-26-20)14(2)23-19(28)12-18-16-6-4-5-7-17(16)22(29)27(3)25-18/h4-11,14H,12H2,1-3H3,(H,23,28). The smallest absolute Gasteiger partial charge is 0.274 e. The summed E-state index contributed by atoms with van der Waals surface area (Å²) in [7, 11) is 1.57. The van der Waals surface area contributed by atoms with E-state index >= 15 is 0 Å². The number of amides is 1. The van der Waals surface area contributed by atoms with Gasteiger partial charge in [-0.05, 0) is 19.9 Å². The van der Waals surface area contributed by atoms with Crippen molar-refractivity contribution in [1.82, 2.24) is 25.2 Å². The van der Waals surface area contributed by atoms with Crippen LogP contribution in [0.3, 0.4) is 0 Å². The second-order valence-electron chi connectivity index (χ2n) is 7.21. The van der Waals surface area contributed by atoms with Crippen LogP contribution in [0, 0.1) is 6.92 Å². The van der Waals surface area contributed by atoms with Crippen molar-refractivity contribution in [1.29, 1.82) is 0 Å². The quantitative estimate of drug-likeness (QED) is 0.550. The maximum atomic E-state index is 12.6. The molecule has 0 radical (unpaired) electrons. The number of aromatic nitrogens is 4. The van der Waals surface area contributed by atoms with Gasteiger partial charge in [-0.1, -0.05) is 53.2 Å². The summed E-state index contributed by atoms with van der Waals surface area (Å²) in [5.74, 6) is 0.530. The Balaban J connectivity index is 1.50. The Kier molecular flexibility index (Phi) is 5.14. The molecule has 0 aliphatic carbocycles. The number of nitrogens with zero attached hydrogens (tertiary/aromatic N) is 4. The molecule has 2 aromatic carbocycles. The molecule has 0 aliphatic heterocycles. The van der Waals surface area contributed by atoms with E-state index in [4.69, 9.17) is 4.52 Å². The lowest BCUT2D eigenvalue weighted by Crippen LogP contribution is -2.30. The number of aryl methyl sites for hydroxylation is 2. The fourth-order valence-corrected chi connectivity index (χ4v) is 3.24. The molecular formula is C22H21N5O3. The highest BCUT2D eigenvalue weighted by Crippen LogP contribution is 2.19. The maximum Gasteiger partial charge on any atom is 0.274 e. The number of hydrogen-bond acceptors (Lipinski definition) is 6. The Labute approximate surface area is 172 Å². The van der Waals surface area contributed by atoms with E-state index in [1.54, 1.807) is 32.2 Å². The van der Waals surface area contributed by atoms with Crippen molar-refractivity contribution in [2.24, 2.45) is 7.05 Å². The van der Waals surface area contributed by atoms with Gasteiger partial charge in [0.15, 0.2) is 0 Å². The second-order valence-corrected chi connectivity index (χ2v) is 7.21. The first-order chi connectivity index (χ1) is 14.4. The first kappa shape index (κ1) is 19.5. The zero-order valence-electron chi connectivity index (χ0n) is 16.9. The zero-order valence-corrected chi connectivity index (χ0v) is 16.9. The van der Waals surface area contributed by atoms with E-state index in [0.29, 0.717) is 28.2 Å². The Morgan fingerprint density at radius 1 is 1.13 bits per heavy atom. The summed E-state index contributed by atoms with van der Waals surface area (Å²) in [6.45, 7) is 3.78. The van der Waals surface area contributed by atoms with E-state index < -0.39 is 6.04 Å². The van der Waals surface area contributed by atoms with Gasteiger partial charge in [0.05, 0.1) is 17.5 Å². The molecule has 2 aromatic heterocycles. The summed E-state index contributed by atoms with van der Waals surface area (Å²) in [5.41, 5.74) is 2.32. The summed E-state index contributed by atoms with van der Waals surface area (Å²) in [4.78, 5) is 29.3. The van der Waals surface area contributed by atoms with Crippen molar-refractivity contribution in [3.8, 4) is 11.4 Å². The van der Waals surface area contributed by atoms with Gasteiger partial charge < -0.3 is 9.84 Å². The number of hydrogen-bond donors (Lipinski definition) is 1. The van der Waals surface area contributed by atoms with Gasteiger partial charge >= 0.3 is 0 Å². The average Bonchev–Trinajstić information content (AvgIpc) is 3.23. The molecule has 4 aromatic rings. The van der Waals surface area contributed by atoms with Crippen LogP contribution in [0.2, 0.25) is 0 Å². The van der Waals surface area contributed by atoms with Crippen molar-refractivity contribution in [3.05, 3.63) is 76.0 Å². The highest BCUT2D eigenvalue weighted by atomic mass is 16.5. The van der Waals surface area contributed by atoms with E-state index in [-0.39, 0.29) is 17.9 Å². The van der Waals surface area contributed by atoms with Crippen molar-refractivity contribution < 1.29 is 9.32 Å². The first-order valence-electron chi connectivity index (χ1n) is 9.57. The predicted octanol–water partition coefficient (Wildman–Crippen LogP) is 2.71. The Morgan fingerprint density at radius 3 is 2.57 bits per heavy atom. The molecule has 1 unspecified atom stereocenters. The number of benzene rings is 2. The molecule has 0 spiro atoms. The molecule has 0 saturated carbocycles. The van der Waals surface area contributed by atoms with Crippen LogP contribution in [0.1, 0.15) is 30.1 Å². The molecule has 1 atom stereocenters. The van der Waals surface area contributed by atoms with Crippen molar-refractivity contribution >= 4 is 16.7 Å². The van der Waals surface area contributed by atoms with Crippen LogP contribution in [-0.4, -0.2) is 25.8 Å². The van der Waals surface area contributed by atoms with Gasteiger partial charge in [0.1, 0.15) is 6.04 Å². The fraction of sp³-hybridized carbons (Fsp3) is 0.227. The molecule has 4 rings (SSSR count). The molecular weight excluding hydrogens is 382 g/mol. The minimum Gasteiger partial charge on any atom is -0.344 e. The molecule has 2 heterocycles. The third-order valence-corrected chi connectivity index (χ3v) is 4.86. The lowest BCUT2D eigenvalue weighted by atomic mass is 10.1. The zero-order chi connectivity index (χ0) is 21.3. The summed E-state index contributed by atoms with van der Waals surface area (Å²) < 4.78 is 6.58. The van der Waals surface area contributed by atoms with Gasteiger partial charge in [-0.3, -0.25) is 9.59 Å². The average molecular weight is 403 g/mol. The summed E-state index contributed by atoms with van der Waals surface area (Å²) in [5, 5.41) is 12.3. The normalized spacial score (nSPS) is 12.1. The molecule has 0 saturated heterocycles. The van der Waals surface area contributed by atoms with Crippen LogP contribution in [0.15, 0.2) is 57.8 Å². The number of nitrogens with one attached hydrogen (secondary N) is 1. The van der Waals surface area contributed by atoms with Crippen LogP contribution in [0.5, 0.6) is 0 Å². The van der Waals surface area contributed by atoms with Crippen molar-refractivity contribution in [3.63, 3.8) is 0 Å². The molecule has 0 aliphatic rings. The van der Waals surface area contributed by atoms with E-state index in [2.05, 4.69) is 20.6 Å². The van der Waals surface area contributed by atoms with E-state index in [0.717, 1.165) is 11.1 Å². The molecule has 0 bridgehead atoms. The maximum absolute atomic E-state index is 12.6. The number of carbonyl (C=O) groups is 1. The number of fused-ring (bicyclic) bond motifs is 1. The van der Waals surface area contributed by atoms with Gasteiger partial charge in [-0.15, -0.1) is 0 Å². The molecule has 8 heteroatoms. The minimum atomic E-state index is -0.469. The molecule has 30 heavy (non-hydrogen) atoms. The topological polar surface area (TPSA) is 103 Å². The van der Waals surface area contributed by atoms with Crippen LogP contribution in [0.25, 0.3) is 22.2 Å². The highest BCUT2D eigenvalue weighted by molar-refractivity contribution is 5.88. The third-order valence-electron chi connectivity index (χ3n) is 4.86. The van der Waals surface area contributed by atoms with Crippen molar-refractivity contribution in [2.75, 3.05) is 0 Å². The van der Waals surface area contributed by atoms with Crippen molar-refractivity contribution in [2.45, 2.75) is 26.3 Å². The van der Waals surface area contributed by atoms with Gasteiger partial charge in [0.25, 0.3) is 5.56 Å². The van der Waals surface area contributed by atoms with E-state index in [1.807, 2.05) is 37.3 Å². The van der Waals surface area contributed by atoms with Crippen LogP contribution in [0.4, 0.5) is 0 Å².